The number of rotatable bonds is 2. The minimum Gasteiger partial charge on any atom is -0.355 e. The summed E-state index contributed by atoms with van der Waals surface area (Å²) >= 11 is 0. The molecule has 0 saturated carbocycles. The van der Waals surface area contributed by atoms with E-state index >= 15 is 0 Å². The summed E-state index contributed by atoms with van der Waals surface area (Å²) in [5.41, 5.74) is 1.62. The lowest BCUT2D eigenvalue weighted by Crippen LogP contribution is -2.31. The van der Waals surface area contributed by atoms with Gasteiger partial charge in [-0.15, -0.1) is 0 Å². The number of aromatic nitrogens is 1. The molecule has 0 bridgehead atoms. The zero-order valence-corrected chi connectivity index (χ0v) is 12.4. The maximum Gasteiger partial charge on any atom is 0.130 e. The molecule has 3 rings (SSSR count). The number of likely N-dealkylation sites (N-methyl/N-ethyl adjacent to an activating group) is 1. The van der Waals surface area contributed by atoms with Crippen molar-refractivity contribution in [1.29, 1.82) is 5.26 Å². The van der Waals surface area contributed by atoms with Crippen LogP contribution in [0.1, 0.15) is 18.9 Å². The Balaban J connectivity index is 1.95. The molecule has 0 N–H and O–H groups in total. The van der Waals surface area contributed by atoms with Crippen molar-refractivity contribution >= 4 is 16.7 Å². The first-order valence-corrected chi connectivity index (χ1v) is 7.59. The Morgan fingerprint density at radius 2 is 2.05 bits per heavy atom. The largest absolute Gasteiger partial charge is 0.355 e. The third kappa shape index (κ3) is 2.84. The SMILES string of the molecule is CCN1CCCN(c2cc(C#N)c3ccccc3n2)CC1. The number of benzene rings is 1. The van der Waals surface area contributed by atoms with Gasteiger partial charge in [0.15, 0.2) is 0 Å². The van der Waals surface area contributed by atoms with E-state index in [1.54, 1.807) is 0 Å². The van der Waals surface area contributed by atoms with Crippen LogP contribution in [0.3, 0.4) is 0 Å². The molecular formula is C17H20N4. The zero-order chi connectivity index (χ0) is 14.7. The molecule has 0 spiro atoms. The number of fused-ring (bicyclic) bond motifs is 1. The number of hydrogen-bond donors (Lipinski definition) is 0. The molecule has 0 atom stereocenters. The van der Waals surface area contributed by atoms with Gasteiger partial charge in [0, 0.05) is 25.0 Å². The topological polar surface area (TPSA) is 43.2 Å². The fraction of sp³-hybridized carbons (Fsp3) is 0.412. The first-order chi connectivity index (χ1) is 10.3. The van der Waals surface area contributed by atoms with Gasteiger partial charge in [-0.2, -0.15) is 5.26 Å². The molecule has 2 aromatic rings. The Bertz CT molecular complexity index is 674. The summed E-state index contributed by atoms with van der Waals surface area (Å²) < 4.78 is 0. The Morgan fingerprint density at radius 3 is 2.86 bits per heavy atom. The highest BCUT2D eigenvalue weighted by Crippen LogP contribution is 2.23. The molecule has 2 heterocycles. The van der Waals surface area contributed by atoms with Crippen LogP contribution in [-0.2, 0) is 0 Å². The van der Waals surface area contributed by atoms with E-state index < -0.39 is 0 Å². The second kappa shape index (κ2) is 6.11. The smallest absolute Gasteiger partial charge is 0.130 e. The Hall–Kier alpha value is -2.12. The molecule has 21 heavy (non-hydrogen) atoms. The predicted octanol–water partition coefficient (Wildman–Crippen LogP) is 2.64. The lowest BCUT2D eigenvalue weighted by molar-refractivity contribution is 0.310. The van der Waals surface area contributed by atoms with Gasteiger partial charge in [0.1, 0.15) is 5.82 Å². The summed E-state index contributed by atoms with van der Waals surface area (Å²) in [6.07, 6.45) is 1.14. The molecule has 0 unspecified atom stereocenters. The monoisotopic (exact) mass is 280 g/mol. The number of anilines is 1. The zero-order valence-electron chi connectivity index (χ0n) is 12.4. The molecule has 1 aromatic carbocycles. The lowest BCUT2D eigenvalue weighted by atomic mass is 10.1. The molecular weight excluding hydrogens is 260 g/mol. The average Bonchev–Trinajstić information content (AvgIpc) is 2.79. The first-order valence-electron chi connectivity index (χ1n) is 7.59. The first kappa shape index (κ1) is 13.8. The van der Waals surface area contributed by atoms with Crippen LogP contribution < -0.4 is 4.90 Å². The molecule has 1 aliphatic rings. The molecule has 4 nitrogen and oxygen atoms in total. The summed E-state index contributed by atoms with van der Waals surface area (Å²) in [4.78, 5) is 9.53. The molecule has 108 valence electrons. The van der Waals surface area contributed by atoms with Gasteiger partial charge in [-0.1, -0.05) is 25.1 Å². The molecule has 1 fully saturated rings. The van der Waals surface area contributed by atoms with Crippen LogP contribution in [0.5, 0.6) is 0 Å². The van der Waals surface area contributed by atoms with Crippen LogP contribution in [0, 0.1) is 11.3 Å². The van der Waals surface area contributed by atoms with Gasteiger partial charge in [0.25, 0.3) is 0 Å². The van der Waals surface area contributed by atoms with E-state index in [0.29, 0.717) is 5.56 Å². The van der Waals surface area contributed by atoms with Crippen molar-refractivity contribution in [2.75, 3.05) is 37.6 Å². The fourth-order valence-corrected chi connectivity index (χ4v) is 2.93. The van der Waals surface area contributed by atoms with Gasteiger partial charge < -0.3 is 9.80 Å². The summed E-state index contributed by atoms with van der Waals surface area (Å²) in [6, 6.07) is 12.1. The van der Waals surface area contributed by atoms with Gasteiger partial charge in [-0.25, -0.2) is 4.98 Å². The minimum atomic E-state index is 0.715. The Labute approximate surface area is 125 Å². The molecule has 0 aliphatic carbocycles. The molecule has 0 amide bonds. The third-order valence-corrected chi connectivity index (χ3v) is 4.18. The van der Waals surface area contributed by atoms with Gasteiger partial charge >= 0.3 is 0 Å². The quantitative estimate of drug-likeness (QED) is 0.848. The van der Waals surface area contributed by atoms with E-state index in [9.17, 15) is 5.26 Å². The van der Waals surface area contributed by atoms with E-state index in [1.807, 2.05) is 30.3 Å². The summed E-state index contributed by atoms with van der Waals surface area (Å²) in [5.74, 6) is 0.934. The van der Waals surface area contributed by atoms with E-state index in [1.165, 1.54) is 0 Å². The van der Waals surface area contributed by atoms with Crippen molar-refractivity contribution in [3.8, 4) is 6.07 Å². The molecule has 1 aromatic heterocycles. The maximum atomic E-state index is 9.39. The van der Waals surface area contributed by atoms with Crippen LogP contribution in [0.15, 0.2) is 30.3 Å². The molecule has 4 heteroatoms. The average molecular weight is 280 g/mol. The van der Waals surface area contributed by atoms with E-state index in [-0.39, 0.29) is 0 Å². The second-order valence-electron chi connectivity index (χ2n) is 5.43. The number of pyridine rings is 1. The third-order valence-electron chi connectivity index (χ3n) is 4.18. The molecule has 1 saturated heterocycles. The van der Waals surface area contributed by atoms with Gasteiger partial charge in [-0.05, 0) is 31.6 Å². The molecule has 0 radical (unpaired) electrons. The normalized spacial score (nSPS) is 16.7. The second-order valence-corrected chi connectivity index (χ2v) is 5.43. The highest BCUT2D eigenvalue weighted by molar-refractivity contribution is 5.86. The van der Waals surface area contributed by atoms with Crippen LogP contribution in [0.4, 0.5) is 5.82 Å². The number of nitriles is 1. The van der Waals surface area contributed by atoms with Crippen molar-refractivity contribution in [1.82, 2.24) is 9.88 Å². The highest BCUT2D eigenvalue weighted by Gasteiger charge is 2.16. The van der Waals surface area contributed by atoms with Crippen LogP contribution in [0.25, 0.3) is 10.9 Å². The fourth-order valence-electron chi connectivity index (χ4n) is 2.93. The predicted molar refractivity (Wildman–Crippen MR) is 85.4 cm³/mol. The van der Waals surface area contributed by atoms with Crippen molar-refractivity contribution in [2.45, 2.75) is 13.3 Å². The van der Waals surface area contributed by atoms with Gasteiger partial charge in [-0.3, -0.25) is 0 Å². The van der Waals surface area contributed by atoms with E-state index in [2.05, 4.69) is 22.8 Å². The number of nitrogens with zero attached hydrogens (tertiary/aromatic N) is 4. The van der Waals surface area contributed by atoms with Gasteiger partial charge in [0.05, 0.1) is 17.1 Å². The van der Waals surface area contributed by atoms with Crippen LogP contribution in [-0.4, -0.2) is 42.6 Å². The van der Waals surface area contributed by atoms with Crippen molar-refractivity contribution < 1.29 is 0 Å². The van der Waals surface area contributed by atoms with Crippen LogP contribution in [0.2, 0.25) is 0 Å². The Kier molecular flexibility index (Phi) is 4.03. The number of para-hydroxylation sites is 1. The van der Waals surface area contributed by atoms with Crippen molar-refractivity contribution in [2.24, 2.45) is 0 Å². The van der Waals surface area contributed by atoms with E-state index in [4.69, 9.17) is 4.98 Å². The highest BCUT2D eigenvalue weighted by atomic mass is 15.2. The van der Waals surface area contributed by atoms with Gasteiger partial charge in [0.2, 0.25) is 0 Å². The maximum absolute atomic E-state index is 9.39. The summed E-state index contributed by atoms with van der Waals surface area (Å²) in [6.45, 7) is 7.50. The standard InChI is InChI=1S/C17H20N4/c1-2-20-8-5-9-21(11-10-20)17-12-14(13-18)15-6-3-4-7-16(15)19-17/h3-4,6-7,12H,2,5,8-11H2,1H3. The minimum absolute atomic E-state index is 0.715. The number of hydrogen-bond acceptors (Lipinski definition) is 4. The summed E-state index contributed by atoms with van der Waals surface area (Å²) in [5, 5.41) is 10.3. The molecule has 1 aliphatic heterocycles. The summed E-state index contributed by atoms with van der Waals surface area (Å²) in [7, 11) is 0. The van der Waals surface area contributed by atoms with E-state index in [0.717, 1.165) is 55.9 Å². The van der Waals surface area contributed by atoms with Crippen LogP contribution >= 0.6 is 0 Å². The van der Waals surface area contributed by atoms with Crippen molar-refractivity contribution in [3.05, 3.63) is 35.9 Å². The lowest BCUT2D eigenvalue weighted by Gasteiger charge is -2.22. The Morgan fingerprint density at radius 1 is 1.19 bits per heavy atom. The van der Waals surface area contributed by atoms with Crippen molar-refractivity contribution in [3.63, 3.8) is 0 Å².